The second-order valence-electron chi connectivity index (χ2n) is 5.39. The van der Waals surface area contributed by atoms with Gasteiger partial charge >= 0.3 is 0 Å². The molecule has 1 aliphatic rings. The van der Waals surface area contributed by atoms with Crippen LogP contribution in [0.3, 0.4) is 0 Å². The Labute approximate surface area is 135 Å². The van der Waals surface area contributed by atoms with Crippen LogP contribution in [0.1, 0.15) is 33.1 Å². The Morgan fingerprint density at radius 1 is 1.41 bits per heavy atom. The molecule has 6 heteroatoms. The van der Waals surface area contributed by atoms with Crippen LogP contribution in [0.25, 0.3) is 0 Å². The third-order valence-electron chi connectivity index (χ3n) is 3.42. The summed E-state index contributed by atoms with van der Waals surface area (Å²) in [5.41, 5.74) is 0.671. The molecule has 1 aliphatic heterocycles. The van der Waals surface area contributed by atoms with Crippen molar-refractivity contribution in [1.29, 1.82) is 0 Å². The van der Waals surface area contributed by atoms with E-state index in [4.69, 9.17) is 16.3 Å². The van der Waals surface area contributed by atoms with Crippen molar-refractivity contribution in [3.8, 4) is 5.75 Å². The molecule has 0 fully saturated rings. The maximum absolute atomic E-state index is 12.4. The lowest BCUT2D eigenvalue weighted by molar-refractivity contribution is -0.125. The van der Waals surface area contributed by atoms with Crippen LogP contribution in [0.4, 0.5) is 5.69 Å². The summed E-state index contributed by atoms with van der Waals surface area (Å²) in [4.78, 5) is 25.7. The van der Waals surface area contributed by atoms with E-state index in [1.807, 2.05) is 13.8 Å². The number of carbonyl (C=O) groups is 2. The first-order valence-electron chi connectivity index (χ1n) is 7.54. The van der Waals surface area contributed by atoms with E-state index < -0.39 is 0 Å². The van der Waals surface area contributed by atoms with Gasteiger partial charge in [-0.05, 0) is 31.5 Å². The first-order valence-corrected chi connectivity index (χ1v) is 7.92. The van der Waals surface area contributed by atoms with Gasteiger partial charge in [-0.3, -0.25) is 9.59 Å². The van der Waals surface area contributed by atoms with Crippen LogP contribution in [0, 0.1) is 0 Å². The van der Waals surface area contributed by atoms with Gasteiger partial charge in [-0.25, -0.2) is 0 Å². The Balaban J connectivity index is 2.04. The Morgan fingerprint density at radius 2 is 2.18 bits per heavy atom. The van der Waals surface area contributed by atoms with Gasteiger partial charge in [-0.1, -0.05) is 18.5 Å². The van der Waals surface area contributed by atoms with Gasteiger partial charge in [0.15, 0.2) is 0 Å². The fourth-order valence-corrected chi connectivity index (χ4v) is 2.52. The summed E-state index contributed by atoms with van der Waals surface area (Å²) in [6.45, 7) is 5.00. The second kappa shape index (κ2) is 7.49. The van der Waals surface area contributed by atoms with E-state index in [9.17, 15) is 9.59 Å². The molecule has 2 amide bonds. The number of carbonyl (C=O) groups excluding carboxylic acids is 2. The molecule has 0 aromatic heterocycles. The topological polar surface area (TPSA) is 58.6 Å². The standard InChI is InChI=1S/C16H21ClN2O3/c1-3-8-18-15(20)6-7-16(21)19-10-11(2)22-14-5-4-12(17)9-13(14)19/h4-5,9,11H,3,6-8,10H2,1-2H3,(H,18,20)/t11-/m1/s1. The van der Waals surface area contributed by atoms with Gasteiger partial charge in [0, 0.05) is 24.4 Å². The number of fused-ring (bicyclic) bond motifs is 1. The van der Waals surface area contributed by atoms with Crippen LogP contribution in [0.2, 0.25) is 5.02 Å². The van der Waals surface area contributed by atoms with E-state index in [1.165, 1.54) is 0 Å². The molecule has 0 unspecified atom stereocenters. The fraction of sp³-hybridized carbons (Fsp3) is 0.500. The average molecular weight is 325 g/mol. The lowest BCUT2D eigenvalue weighted by atomic mass is 10.1. The molecule has 1 aromatic carbocycles. The molecule has 5 nitrogen and oxygen atoms in total. The number of ether oxygens (including phenoxy) is 1. The van der Waals surface area contributed by atoms with E-state index in [2.05, 4.69) is 5.32 Å². The van der Waals surface area contributed by atoms with E-state index in [0.29, 0.717) is 29.5 Å². The lowest BCUT2D eigenvalue weighted by Crippen LogP contribution is -2.42. The number of amides is 2. The molecule has 0 spiro atoms. The molecule has 0 saturated carbocycles. The quantitative estimate of drug-likeness (QED) is 0.906. The number of hydrogen-bond acceptors (Lipinski definition) is 3. The smallest absolute Gasteiger partial charge is 0.227 e. The fourth-order valence-electron chi connectivity index (χ4n) is 2.35. The predicted molar refractivity (Wildman–Crippen MR) is 86.4 cm³/mol. The Morgan fingerprint density at radius 3 is 2.91 bits per heavy atom. The van der Waals surface area contributed by atoms with E-state index >= 15 is 0 Å². The number of rotatable bonds is 5. The van der Waals surface area contributed by atoms with Crippen molar-refractivity contribution in [3.05, 3.63) is 23.2 Å². The molecule has 0 radical (unpaired) electrons. The predicted octanol–water partition coefficient (Wildman–Crippen LogP) is 2.76. The molecule has 0 aliphatic carbocycles. The summed E-state index contributed by atoms with van der Waals surface area (Å²) < 4.78 is 5.71. The van der Waals surface area contributed by atoms with Gasteiger partial charge in [-0.15, -0.1) is 0 Å². The average Bonchev–Trinajstić information content (AvgIpc) is 2.50. The SMILES string of the molecule is CCCNC(=O)CCC(=O)N1C[C@@H](C)Oc2ccc(Cl)cc21. The van der Waals surface area contributed by atoms with E-state index in [-0.39, 0.29) is 30.8 Å². The second-order valence-corrected chi connectivity index (χ2v) is 5.83. The monoisotopic (exact) mass is 324 g/mol. The third kappa shape index (κ3) is 4.13. The molecule has 120 valence electrons. The molecular weight excluding hydrogens is 304 g/mol. The number of anilines is 1. The van der Waals surface area contributed by atoms with Gasteiger partial charge in [0.1, 0.15) is 11.9 Å². The van der Waals surface area contributed by atoms with Crippen molar-refractivity contribution < 1.29 is 14.3 Å². The van der Waals surface area contributed by atoms with Gasteiger partial charge in [0.05, 0.1) is 12.2 Å². The van der Waals surface area contributed by atoms with Crippen molar-refractivity contribution in [2.24, 2.45) is 0 Å². The van der Waals surface area contributed by atoms with Gasteiger partial charge < -0.3 is 15.0 Å². The summed E-state index contributed by atoms with van der Waals surface area (Å²) in [7, 11) is 0. The van der Waals surface area contributed by atoms with Crippen LogP contribution in [0.15, 0.2) is 18.2 Å². The molecule has 0 saturated heterocycles. The molecule has 2 rings (SSSR count). The number of nitrogens with one attached hydrogen (secondary N) is 1. The summed E-state index contributed by atoms with van der Waals surface area (Å²) in [6, 6.07) is 5.22. The van der Waals surface area contributed by atoms with Crippen molar-refractivity contribution in [1.82, 2.24) is 5.32 Å². The summed E-state index contributed by atoms with van der Waals surface area (Å²) in [6.07, 6.45) is 1.16. The van der Waals surface area contributed by atoms with Crippen LogP contribution < -0.4 is 15.0 Å². The van der Waals surface area contributed by atoms with E-state index in [1.54, 1.807) is 23.1 Å². The Hall–Kier alpha value is -1.75. The maximum atomic E-state index is 12.4. The summed E-state index contributed by atoms with van der Waals surface area (Å²) in [5.74, 6) is 0.458. The summed E-state index contributed by atoms with van der Waals surface area (Å²) >= 11 is 6.01. The zero-order valence-electron chi connectivity index (χ0n) is 12.9. The first kappa shape index (κ1) is 16.6. The van der Waals surface area contributed by atoms with Crippen LogP contribution >= 0.6 is 11.6 Å². The number of hydrogen-bond donors (Lipinski definition) is 1. The largest absolute Gasteiger partial charge is 0.487 e. The lowest BCUT2D eigenvalue weighted by Gasteiger charge is -2.33. The van der Waals surface area contributed by atoms with Gasteiger partial charge in [0.25, 0.3) is 0 Å². The Bertz CT molecular complexity index is 562. The molecule has 1 aromatic rings. The minimum Gasteiger partial charge on any atom is -0.487 e. The first-order chi connectivity index (χ1) is 10.5. The zero-order chi connectivity index (χ0) is 16.1. The zero-order valence-corrected chi connectivity index (χ0v) is 13.7. The van der Waals surface area contributed by atoms with Crippen molar-refractivity contribution in [2.45, 2.75) is 39.2 Å². The van der Waals surface area contributed by atoms with Crippen LogP contribution in [-0.4, -0.2) is 31.0 Å². The minimum absolute atomic E-state index is 0.0912. The molecule has 22 heavy (non-hydrogen) atoms. The van der Waals surface area contributed by atoms with E-state index in [0.717, 1.165) is 6.42 Å². The highest BCUT2D eigenvalue weighted by Crippen LogP contribution is 2.36. The van der Waals surface area contributed by atoms with Gasteiger partial charge in [0.2, 0.25) is 11.8 Å². The van der Waals surface area contributed by atoms with Crippen LogP contribution in [-0.2, 0) is 9.59 Å². The number of halogens is 1. The summed E-state index contributed by atoms with van der Waals surface area (Å²) in [5, 5.41) is 3.32. The molecule has 1 atom stereocenters. The van der Waals surface area contributed by atoms with Crippen molar-refractivity contribution in [2.75, 3.05) is 18.0 Å². The molecular formula is C16H21ClN2O3. The minimum atomic E-state index is -0.0946. The highest BCUT2D eigenvalue weighted by Gasteiger charge is 2.27. The van der Waals surface area contributed by atoms with Crippen LogP contribution in [0.5, 0.6) is 5.75 Å². The highest BCUT2D eigenvalue weighted by atomic mass is 35.5. The van der Waals surface area contributed by atoms with Gasteiger partial charge in [-0.2, -0.15) is 0 Å². The Kier molecular flexibility index (Phi) is 5.66. The van der Waals surface area contributed by atoms with Crippen molar-refractivity contribution in [3.63, 3.8) is 0 Å². The highest BCUT2D eigenvalue weighted by molar-refractivity contribution is 6.31. The number of nitrogens with zero attached hydrogens (tertiary/aromatic N) is 1. The maximum Gasteiger partial charge on any atom is 0.227 e. The molecule has 1 heterocycles. The van der Waals surface area contributed by atoms with Crippen molar-refractivity contribution >= 4 is 29.1 Å². The molecule has 1 N–H and O–H groups in total. The normalized spacial score (nSPS) is 16.7. The molecule has 0 bridgehead atoms. The third-order valence-corrected chi connectivity index (χ3v) is 3.65. The number of benzene rings is 1.